The summed E-state index contributed by atoms with van der Waals surface area (Å²) in [7, 11) is 0. The van der Waals surface area contributed by atoms with E-state index in [9.17, 15) is 68.7 Å². The standard InChI is InChI=1S/C60H109NO33P4S4/c1-42-47(34-62)91-56(43(2)51(42)66)80-24-8-11-27-84-95(72,99)87-30-14-20-76-38-60(41-79-23-17-33-90-98(75,102)94-59(71)83-37-46-18-6-5-7-19-46,39-77-21-15-31-88-96(73,100)85-28-12-9-25-81-57-44(3)52(67)53(68)48(35-63)92-57)40-78-22-16-32-89-97(74,101)86-29-13-10-26-82-58-50(61-45(4)65)55(70)54(69)49(36-64)93-58/h5-7,18-19,42-44,47-58,62-64,66-70H,8-17,20-41H2,1-4H3,(H,61,65)(H,72,99)(H,73,100)(H,74,101)(H,75,102)/t42-,43?,44?,47?,48?,49?,50?,51+,52-,53+,54+,55-,56-,57-,58-,60?,95?,96?,97?,98?/m1/s1. The summed E-state index contributed by atoms with van der Waals surface area (Å²) in [6.07, 6.45) is -9.77. The summed E-state index contributed by atoms with van der Waals surface area (Å²) in [5, 5.41) is 83.1. The number of carbonyl (C=O) groups is 2. The molecule has 3 heterocycles. The maximum atomic E-state index is 13.2. The number of aliphatic hydroxyl groups excluding tert-OH is 8. The fraction of sp³-hybridized carbons (Fsp3) is 0.867. The number of aliphatic hydroxyl groups is 8. The molecule has 20 atom stereocenters. The Kier molecular flexibility index (Phi) is 46.1. The zero-order valence-corrected chi connectivity index (χ0v) is 65.2. The van der Waals surface area contributed by atoms with Crippen molar-refractivity contribution in [1.82, 2.24) is 5.32 Å². The summed E-state index contributed by atoms with van der Waals surface area (Å²) in [6.45, 7) is -11.2. The number of amides is 1. The number of hydrogen-bond donors (Lipinski definition) is 13. The predicted octanol–water partition coefficient (Wildman–Crippen LogP) is 5.98. The number of thiol groups is 4. The molecular weight excluding hydrogens is 1510 g/mol. The maximum Gasteiger partial charge on any atom is 0.515 e. The summed E-state index contributed by atoms with van der Waals surface area (Å²) in [5.41, 5.74) is -0.440. The van der Waals surface area contributed by atoms with Crippen LogP contribution in [0.5, 0.6) is 0 Å². The average Bonchev–Trinajstić information content (AvgIpc) is 0.820. The third-order valence-corrected chi connectivity index (χ3v) is 22.6. The Morgan fingerprint density at radius 1 is 0.441 bits per heavy atom. The van der Waals surface area contributed by atoms with Gasteiger partial charge in [0, 0.05) is 70.9 Å². The molecule has 3 aliphatic heterocycles. The van der Waals surface area contributed by atoms with Crippen molar-refractivity contribution in [2.45, 2.75) is 172 Å². The lowest BCUT2D eigenvalue weighted by atomic mass is 9.86. The zero-order chi connectivity index (χ0) is 75.2. The van der Waals surface area contributed by atoms with Crippen LogP contribution in [0.3, 0.4) is 0 Å². The van der Waals surface area contributed by atoms with Gasteiger partial charge in [-0.2, -0.15) is 0 Å². The minimum atomic E-state index is -4.23. The van der Waals surface area contributed by atoms with Gasteiger partial charge in [0.15, 0.2) is 18.9 Å². The Hall–Kier alpha value is -0.720. The second kappa shape index (κ2) is 50.2. The third kappa shape index (κ3) is 36.9. The second-order valence-electron chi connectivity index (χ2n) is 24.6. The number of unbranched alkanes of at least 4 members (excludes halogenated alkanes) is 3. The van der Waals surface area contributed by atoms with Gasteiger partial charge in [-0.1, -0.05) is 87.8 Å². The van der Waals surface area contributed by atoms with Crippen molar-refractivity contribution in [3.63, 3.8) is 0 Å². The van der Waals surface area contributed by atoms with E-state index >= 15 is 0 Å². The lowest BCUT2D eigenvalue weighted by molar-refractivity contribution is -0.282. The molecule has 9 N–H and O–H groups in total. The van der Waals surface area contributed by atoms with Gasteiger partial charge in [0.25, 0.3) is 0 Å². The topological polar surface area (TPSA) is 452 Å². The molecule has 0 saturated carbocycles. The highest BCUT2D eigenvalue weighted by atomic mass is 32.7. The van der Waals surface area contributed by atoms with Crippen LogP contribution in [0.1, 0.15) is 97.5 Å². The molecule has 0 aromatic heterocycles. The first-order valence-corrected chi connectivity index (χ1v) is 44.6. The molecule has 3 fully saturated rings. The molecular formula is C60H109NO33P4S4. The van der Waals surface area contributed by atoms with Crippen molar-refractivity contribution in [3.8, 4) is 0 Å². The monoisotopic (exact) mass is 1620 g/mol. The van der Waals surface area contributed by atoms with Gasteiger partial charge in [-0.15, -0.1) is 0 Å². The summed E-state index contributed by atoms with van der Waals surface area (Å²) < 4.78 is 159. The number of ether oxygens (including phenoxy) is 11. The minimum absolute atomic E-state index is 0.00584. The summed E-state index contributed by atoms with van der Waals surface area (Å²) in [5.74, 6) is -1.67. The van der Waals surface area contributed by atoms with Gasteiger partial charge in [-0.25, -0.2) is 23.1 Å². The molecule has 11 unspecified atom stereocenters. The number of benzene rings is 1. The highest BCUT2D eigenvalue weighted by Crippen LogP contribution is 2.55. The Morgan fingerprint density at radius 3 is 1.19 bits per heavy atom. The van der Waals surface area contributed by atoms with E-state index in [4.69, 9.17) is 88.3 Å². The molecule has 3 aliphatic rings. The van der Waals surface area contributed by atoms with E-state index < -0.39 is 138 Å². The van der Waals surface area contributed by atoms with Gasteiger partial charge in [-0.3, -0.25) is 9.32 Å². The molecule has 0 spiro atoms. The number of hydrogen-bond acceptors (Lipinski definition) is 33. The highest BCUT2D eigenvalue weighted by molar-refractivity contribution is 8.45. The van der Waals surface area contributed by atoms with E-state index in [-0.39, 0.29) is 170 Å². The molecule has 0 aliphatic carbocycles. The first-order valence-electron chi connectivity index (χ1n) is 33.8. The highest BCUT2D eigenvalue weighted by Gasteiger charge is 2.46. The summed E-state index contributed by atoms with van der Waals surface area (Å²) in [6, 6.07) is 7.61. The van der Waals surface area contributed by atoms with Crippen LogP contribution in [0.4, 0.5) is 4.79 Å². The largest absolute Gasteiger partial charge is 0.515 e. The smallest absolute Gasteiger partial charge is 0.429 e. The van der Waals surface area contributed by atoms with Crippen LogP contribution < -0.4 is 5.32 Å². The van der Waals surface area contributed by atoms with Crippen LogP contribution in [0.15, 0.2) is 30.3 Å². The Morgan fingerprint density at radius 2 is 0.784 bits per heavy atom. The zero-order valence-electron chi connectivity index (χ0n) is 58.0. The molecule has 4 rings (SSSR count). The van der Waals surface area contributed by atoms with E-state index in [1.165, 1.54) is 6.92 Å². The van der Waals surface area contributed by atoms with Crippen LogP contribution in [-0.4, -0.2) is 265 Å². The number of nitrogens with one attached hydrogen (secondary N) is 1. The average molecular weight is 1620 g/mol. The fourth-order valence-electron chi connectivity index (χ4n) is 10.2. The molecule has 0 bridgehead atoms. The van der Waals surface area contributed by atoms with E-state index in [0.717, 1.165) is 0 Å². The van der Waals surface area contributed by atoms with Crippen molar-refractivity contribution in [1.29, 1.82) is 0 Å². The van der Waals surface area contributed by atoms with Crippen LogP contribution >= 0.6 is 76.2 Å². The SMILES string of the molecule is CC(=O)NC1[C@H](OCCCCOP(=O)(S)OCCCOCC(COCCCOP(=O)(S)OCCCCO[C@@H]2OC(CO)[C@@H](C)[C@H](O)C2C)(COCCCOP(=O)(S)OCCCCO[C@@H]2OC(CO)[C@H](O)[C@H](O)C2C)COCCCOP(=O)(S)OC(=O)OCc2ccccc2)OC(CO)[C@H](O)[C@@H]1O. The van der Waals surface area contributed by atoms with Crippen LogP contribution in [0.25, 0.3) is 0 Å². The molecule has 102 heavy (non-hydrogen) atoms. The first-order chi connectivity index (χ1) is 48.5. The predicted molar refractivity (Wildman–Crippen MR) is 378 cm³/mol. The Bertz CT molecular complexity index is 2580. The van der Waals surface area contributed by atoms with Crippen LogP contribution in [-0.2, 0) is 118 Å². The molecule has 42 heteroatoms. The first kappa shape index (κ1) is 93.7. The van der Waals surface area contributed by atoms with Gasteiger partial charge >= 0.3 is 33.3 Å². The van der Waals surface area contributed by atoms with Gasteiger partial charge in [-0.05, 0) is 82.0 Å². The normalized spacial score (nSPS) is 28.5. The summed E-state index contributed by atoms with van der Waals surface area (Å²) in [4.78, 5) is 24.1. The minimum Gasteiger partial charge on any atom is -0.429 e. The Labute approximate surface area is 617 Å². The van der Waals surface area contributed by atoms with Crippen molar-refractivity contribution in [2.75, 3.05) is 139 Å². The number of rotatable bonds is 56. The molecule has 34 nitrogen and oxygen atoms in total. The van der Waals surface area contributed by atoms with Crippen molar-refractivity contribution in [2.24, 2.45) is 23.2 Å². The van der Waals surface area contributed by atoms with Gasteiger partial charge in [0.2, 0.25) is 5.91 Å². The van der Waals surface area contributed by atoms with E-state index in [1.807, 2.05) is 0 Å². The van der Waals surface area contributed by atoms with E-state index in [0.29, 0.717) is 44.1 Å². The Balaban J connectivity index is 1.32. The molecule has 3 saturated heterocycles. The van der Waals surface area contributed by atoms with Crippen molar-refractivity contribution in [3.05, 3.63) is 35.9 Å². The molecule has 1 amide bonds. The molecule has 596 valence electrons. The van der Waals surface area contributed by atoms with Crippen LogP contribution in [0, 0.1) is 23.2 Å². The summed E-state index contributed by atoms with van der Waals surface area (Å²) >= 11 is 16.3. The maximum absolute atomic E-state index is 13.2. The third-order valence-electron chi connectivity index (χ3n) is 16.0. The molecule has 0 radical (unpaired) electrons. The molecule has 1 aromatic carbocycles. The van der Waals surface area contributed by atoms with Crippen molar-refractivity contribution >= 4 is 88.2 Å². The lowest BCUT2D eigenvalue weighted by Gasteiger charge is -2.42. The lowest BCUT2D eigenvalue weighted by Crippen LogP contribution is -2.64. The molecule has 1 aromatic rings. The van der Waals surface area contributed by atoms with Crippen molar-refractivity contribution < 1.29 is 157 Å². The van der Waals surface area contributed by atoms with E-state index in [1.54, 1.807) is 51.1 Å². The van der Waals surface area contributed by atoms with Gasteiger partial charge in [0.05, 0.1) is 116 Å². The van der Waals surface area contributed by atoms with Gasteiger partial charge in [0.1, 0.15) is 43.2 Å². The fourth-order valence-corrected chi connectivity index (χ4v) is 15.1. The quantitative estimate of drug-likeness (QED) is 0.0154. The second-order valence-corrected chi connectivity index (χ2v) is 36.2. The van der Waals surface area contributed by atoms with Gasteiger partial charge < -0.3 is 130 Å². The number of carbonyl (C=O) groups excluding carboxylic acids is 2. The van der Waals surface area contributed by atoms with Crippen LogP contribution in [0.2, 0.25) is 0 Å². The van der Waals surface area contributed by atoms with E-state index in [2.05, 4.69) is 54.3 Å².